The maximum Gasteiger partial charge on any atom is 0.245 e. The van der Waals surface area contributed by atoms with Crippen LogP contribution in [0.15, 0.2) is 17.6 Å². The minimum atomic E-state index is -0.0942. The molecule has 7 nitrogen and oxygen atoms in total. The molecule has 0 bridgehead atoms. The molecule has 2 fully saturated rings. The number of carbonyl (C=O) groups excluding carboxylic acids is 1. The van der Waals surface area contributed by atoms with Gasteiger partial charge in [0.1, 0.15) is 11.1 Å². The number of ether oxygens (including phenoxy) is 1. The molecule has 0 N–H and O–H groups in total. The van der Waals surface area contributed by atoms with Gasteiger partial charge in [-0.15, -0.1) is 11.3 Å². The molecular formula is C17H23N5O2S. The molecule has 4 heterocycles. The first-order valence-corrected chi connectivity index (χ1v) is 9.58. The summed E-state index contributed by atoms with van der Waals surface area (Å²) in [6.45, 7) is 4.88. The van der Waals surface area contributed by atoms with E-state index in [4.69, 9.17) is 4.74 Å². The molecule has 2 aromatic rings. The van der Waals surface area contributed by atoms with E-state index in [1.54, 1.807) is 16.0 Å². The molecular weight excluding hydrogens is 338 g/mol. The summed E-state index contributed by atoms with van der Waals surface area (Å²) < 4.78 is 7.65. The molecule has 134 valence electrons. The van der Waals surface area contributed by atoms with E-state index in [-0.39, 0.29) is 18.1 Å². The highest BCUT2D eigenvalue weighted by atomic mass is 32.1. The third-order valence-corrected chi connectivity index (χ3v) is 5.89. The second-order valence-corrected chi connectivity index (χ2v) is 7.57. The average molecular weight is 361 g/mol. The van der Waals surface area contributed by atoms with Crippen molar-refractivity contribution >= 4 is 23.1 Å². The van der Waals surface area contributed by atoms with E-state index in [1.807, 2.05) is 36.5 Å². The lowest BCUT2D eigenvalue weighted by Gasteiger charge is -2.41. The van der Waals surface area contributed by atoms with Crippen LogP contribution >= 0.6 is 11.3 Å². The van der Waals surface area contributed by atoms with Crippen LogP contribution in [0.2, 0.25) is 0 Å². The Labute approximate surface area is 151 Å². The summed E-state index contributed by atoms with van der Waals surface area (Å²) in [4.78, 5) is 21.7. The Morgan fingerprint density at radius 3 is 2.96 bits per heavy atom. The number of carbonyl (C=O) groups is 1. The molecule has 8 heteroatoms. The minimum Gasteiger partial charge on any atom is -0.368 e. The maximum atomic E-state index is 13.1. The molecule has 25 heavy (non-hydrogen) atoms. The van der Waals surface area contributed by atoms with Crippen LogP contribution in [0.25, 0.3) is 0 Å². The second-order valence-electron chi connectivity index (χ2n) is 6.68. The third kappa shape index (κ3) is 3.33. The van der Waals surface area contributed by atoms with Crippen molar-refractivity contribution < 1.29 is 9.53 Å². The quantitative estimate of drug-likeness (QED) is 0.833. The Hall–Kier alpha value is -1.77. The second kappa shape index (κ2) is 6.86. The zero-order valence-electron chi connectivity index (χ0n) is 14.6. The van der Waals surface area contributed by atoms with Gasteiger partial charge in [0.15, 0.2) is 5.82 Å². The molecule has 2 aliphatic rings. The summed E-state index contributed by atoms with van der Waals surface area (Å²) in [6, 6.07) is 1.81. The predicted molar refractivity (Wildman–Crippen MR) is 95.7 cm³/mol. The Balaban J connectivity index is 1.49. The van der Waals surface area contributed by atoms with Crippen molar-refractivity contribution in [2.45, 2.75) is 31.9 Å². The van der Waals surface area contributed by atoms with Crippen LogP contribution in [0.3, 0.4) is 0 Å². The number of rotatable bonds is 3. The molecule has 0 spiro atoms. The largest absolute Gasteiger partial charge is 0.368 e. The lowest BCUT2D eigenvalue weighted by molar-refractivity contribution is -0.129. The number of anilines is 1. The van der Waals surface area contributed by atoms with E-state index >= 15 is 0 Å². The lowest BCUT2D eigenvalue weighted by Crippen LogP contribution is -2.55. The first-order valence-electron chi connectivity index (χ1n) is 8.70. The number of amides is 1. The molecule has 0 unspecified atom stereocenters. The first-order chi connectivity index (χ1) is 12.1. The first kappa shape index (κ1) is 16.7. The van der Waals surface area contributed by atoms with Crippen LogP contribution in [0.4, 0.5) is 5.82 Å². The van der Waals surface area contributed by atoms with Gasteiger partial charge < -0.3 is 4.74 Å². The van der Waals surface area contributed by atoms with Crippen LogP contribution in [-0.2, 0) is 16.6 Å². The number of hydrogen-bond donors (Lipinski definition) is 0. The van der Waals surface area contributed by atoms with Crippen molar-refractivity contribution in [2.75, 3.05) is 31.1 Å². The Bertz CT molecular complexity index is 758. The maximum absolute atomic E-state index is 13.1. The van der Waals surface area contributed by atoms with Gasteiger partial charge in [-0.05, 0) is 19.8 Å². The van der Waals surface area contributed by atoms with Crippen molar-refractivity contribution in [3.63, 3.8) is 0 Å². The summed E-state index contributed by atoms with van der Waals surface area (Å²) in [5, 5.41) is 7.45. The smallest absolute Gasteiger partial charge is 0.245 e. The molecule has 0 aliphatic carbocycles. The molecule has 0 radical (unpaired) electrons. The minimum absolute atomic E-state index is 0.0366. The zero-order chi connectivity index (χ0) is 17.4. The van der Waals surface area contributed by atoms with E-state index < -0.39 is 0 Å². The van der Waals surface area contributed by atoms with Gasteiger partial charge in [-0.1, -0.05) is 0 Å². The van der Waals surface area contributed by atoms with Crippen molar-refractivity contribution in [1.82, 2.24) is 19.7 Å². The summed E-state index contributed by atoms with van der Waals surface area (Å²) in [5.41, 5.74) is 1.02. The fourth-order valence-corrected chi connectivity index (χ4v) is 4.43. The van der Waals surface area contributed by atoms with E-state index in [1.165, 1.54) is 0 Å². The molecule has 4 rings (SSSR count). The molecule has 2 aliphatic heterocycles. The molecule has 1 amide bonds. The fraction of sp³-hybridized carbons (Fsp3) is 0.588. The SMILES string of the molecule is Cc1csc([C@H]2CN([C@H]3CCCN(c4ccn(C)n4)C3=O)CCO2)n1. The summed E-state index contributed by atoms with van der Waals surface area (Å²) in [7, 11) is 1.87. The van der Waals surface area contributed by atoms with Gasteiger partial charge in [0.2, 0.25) is 5.91 Å². The van der Waals surface area contributed by atoms with E-state index in [0.717, 1.165) is 49.0 Å². The zero-order valence-corrected chi connectivity index (χ0v) is 15.4. The van der Waals surface area contributed by atoms with Gasteiger partial charge in [-0.25, -0.2) is 4.98 Å². The fourth-order valence-electron chi connectivity index (χ4n) is 3.59. The summed E-state index contributed by atoms with van der Waals surface area (Å²) in [5.74, 6) is 0.901. The Kier molecular flexibility index (Phi) is 4.58. The standard InChI is InChI=1S/C17H23N5O2S/c1-12-11-25-16(18-12)14-10-21(8-9-24-14)13-4-3-6-22(17(13)23)15-5-7-20(2)19-15/h5,7,11,13-14H,3-4,6,8-10H2,1-2H3/t13-,14+/m0/s1. The van der Waals surface area contributed by atoms with E-state index in [2.05, 4.69) is 15.0 Å². The number of nitrogens with zero attached hydrogens (tertiary/aromatic N) is 5. The number of aryl methyl sites for hydroxylation is 2. The van der Waals surface area contributed by atoms with Crippen molar-refractivity contribution in [3.05, 3.63) is 28.3 Å². The Morgan fingerprint density at radius 1 is 1.36 bits per heavy atom. The molecule has 2 aromatic heterocycles. The number of hydrogen-bond acceptors (Lipinski definition) is 6. The molecule has 0 aromatic carbocycles. The van der Waals surface area contributed by atoms with Gasteiger partial charge in [-0.2, -0.15) is 5.10 Å². The normalized spacial score (nSPS) is 25.5. The highest BCUT2D eigenvalue weighted by Gasteiger charge is 2.37. The van der Waals surface area contributed by atoms with Crippen molar-refractivity contribution in [3.8, 4) is 0 Å². The highest BCUT2D eigenvalue weighted by molar-refractivity contribution is 7.09. The van der Waals surface area contributed by atoms with Gasteiger partial charge in [0.25, 0.3) is 0 Å². The average Bonchev–Trinajstić information content (AvgIpc) is 3.24. The van der Waals surface area contributed by atoms with Crippen LogP contribution in [0, 0.1) is 6.92 Å². The van der Waals surface area contributed by atoms with E-state index in [9.17, 15) is 4.79 Å². The topological polar surface area (TPSA) is 63.5 Å². The predicted octanol–water partition coefficient (Wildman–Crippen LogP) is 1.75. The van der Waals surface area contributed by atoms with Gasteiger partial charge in [0, 0.05) is 50.0 Å². The highest BCUT2D eigenvalue weighted by Crippen LogP contribution is 2.29. The number of morpholine rings is 1. The van der Waals surface area contributed by atoms with Crippen LogP contribution < -0.4 is 4.90 Å². The molecule has 2 atom stereocenters. The number of aromatic nitrogens is 3. The molecule has 2 saturated heterocycles. The third-order valence-electron chi connectivity index (χ3n) is 4.84. The summed E-state index contributed by atoms with van der Waals surface area (Å²) in [6.07, 6.45) is 3.73. The van der Waals surface area contributed by atoms with Crippen LogP contribution in [0.5, 0.6) is 0 Å². The number of piperidine rings is 1. The van der Waals surface area contributed by atoms with Gasteiger partial charge >= 0.3 is 0 Å². The monoisotopic (exact) mass is 361 g/mol. The Morgan fingerprint density at radius 2 is 2.24 bits per heavy atom. The van der Waals surface area contributed by atoms with Gasteiger partial charge in [0.05, 0.1) is 12.6 Å². The van der Waals surface area contributed by atoms with Crippen LogP contribution in [-0.4, -0.2) is 57.9 Å². The number of thiazole rings is 1. The van der Waals surface area contributed by atoms with E-state index in [0.29, 0.717) is 6.61 Å². The van der Waals surface area contributed by atoms with Gasteiger partial charge in [-0.3, -0.25) is 19.3 Å². The summed E-state index contributed by atoms with van der Waals surface area (Å²) >= 11 is 1.63. The van der Waals surface area contributed by atoms with Crippen LogP contribution in [0.1, 0.15) is 29.6 Å². The van der Waals surface area contributed by atoms with Crippen molar-refractivity contribution in [1.29, 1.82) is 0 Å². The van der Waals surface area contributed by atoms with Crippen molar-refractivity contribution in [2.24, 2.45) is 7.05 Å². The molecule has 0 saturated carbocycles. The lowest BCUT2D eigenvalue weighted by atomic mass is 10.0.